The maximum atomic E-state index is 9.71. The molecule has 0 unspecified atom stereocenters. The first-order valence-electron chi connectivity index (χ1n) is 6.19. The summed E-state index contributed by atoms with van der Waals surface area (Å²) in [7, 11) is 0. The van der Waals surface area contributed by atoms with E-state index in [9.17, 15) is 5.11 Å². The molecule has 18 heavy (non-hydrogen) atoms. The highest BCUT2D eigenvalue weighted by Crippen LogP contribution is 2.22. The lowest BCUT2D eigenvalue weighted by atomic mass is 10.1. The Morgan fingerprint density at radius 3 is 2.56 bits per heavy atom. The van der Waals surface area contributed by atoms with E-state index in [1.54, 1.807) is 11.3 Å². The first kappa shape index (κ1) is 13.1. The van der Waals surface area contributed by atoms with Crippen molar-refractivity contribution in [3.63, 3.8) is 0 Å². The fourth-order valence-corrected chi connectivity index (χ4v) is 2.76. The third-order valence-electron chi connectivity index (χ3n) is 3.01. The van der Waals surface area contributed by atoms with Gasteiger partial charge in [0.25, 0.3) is 0 Å². The minimum Gasteiger partial charge on any atom is -0.507 e. The van der Waals surface area contributed by atoms with Crippen LogP contribution in [0.15, 0.2) is 29.6 Å². The van der Waals surface area contributed by atoms with E-state index in [0.29, 0.717) is 5.75 Å². The Morgan fingerprint density at radius 1 is 1.22 bits per heavy atom. The molecule has 0 radical (unpaired) electrons. The summed E-state index contributed by atoms with van der Waals surface area (Å²) < 4.78 is 0. The Balaban J connectivity index is 1.83. The van der Waals surface area contributed by atoms with Gasteiger partial charge in [-0.15, -0.1) is 11.3 Å². The zero-order valence-corrected chi connectivity index (χ0v) is 11.7. The number of aromatic hydroxyl groups is 1. The van der Waals surface area contributed by atoms with Gasteiger partial charge in [0.1, 0.15) is 5.75 Å². The molecule has 0 spiro atoms. The molecule has 1 aromatic heterocycles. The number of rotatable bonds is 5. The molecule has 0 amide bonds. The summed E-state index contributed by atoms with van der Waals surface area (Å²) >= 11 is 1.80. The average molecular weight is 261 g/mol. The van der Waals surface area contributed by atoms with Gasteiger partial charge in [-0.3, -0.25) is 0 Å². The summed E-state index contributed by atoms with van der Waals surface area (Å²) in [5, 5.41) is 15.3. The van der Waals surface area contributed by atoms with Gasteiger partial charge in [-0.2, -0.15) is 0 Å². The normalized spacial score (nSPS) is 10.8. The summed E-state index contributed by atoms with van der Waals surface area (Å²) in [5.74, 6) is 0.414. The van der Waals surface area contributed by atoms with Crippen LogP contribution in [0.4, 0.5) is 0 Å². The van der Waals surface area contributed by atoms with Crippen molar-refractivity contribution < 1.29 is 5.11 Å². The van der Waals surface area contributed by atoms with Gasteiger partial charge in [-0.25, -0.2) is 0 Å². The Bertz CT molecular complexity index is 482. The van der Waals surface area contributed by atoms with Crippen LogP contribution in [0, 0.1) is 13.8 Å². The predicted octanol–water partition coefficient (Wildman–Crippen LogP) is 3.40. The molecule has 0 aliphatic heterocycles. The third-order valence-corrected chi connectivity index (χ3v) is 3.94. The van der Waals surface area contributed by atoms with Gasteiger partial charge in [0.05, 0.1) is 0 Å². The van der Waals surface area contributed by atoms with Crippen molar-refractivity contribution in [2.45, 2.75) is 26.8 Å². The molecule has 0 aliphatic carbocycles. The van der Waals surface area contributed by atoms with Crippen LogP contribution < -0.4 is 5.32 Å². The molecule has 0 bridgehead atoms. The second kappa shape index (κ2) is 6.03. The van der Waals surface area contributed by atoms with Crippen molar-refractivity contribution >= 4 is 11.3 Å². The van der Waals surface area contributed by atoms with Crippen LogP contribution in [0.1, 0.15) is 21.6 Å². The highest BCUT2D eigenvalue weighted by molar-refractivity contribution is 7.09. The SMILES string of the molecule is Cc1cc(CNCCc2cccs2)cc(C)c1O. The molecule has 0 atom stereocenters. The third kappa shape index (κ3) is 3.34. The molecule has 1 heterocycles. The Hall–Kier alpha value is -1.32. The lowest BCUT2D eigenvalue weighted by Gasteiger charge is -2.09. The molecule has 2 rings (SSSR count). The van der Waals surface area contributed by atoms with E-state index in [-0.39, 0.29) is 0 Å². The van der Waals surface area contributed by atoms with Crippen LogP contribution in [-0.4, -0.2) is 11.7 Å². The van der Waals surface area contributed by atoms with Gasteiger partial charge in [0, 0.05) is 18.0 Å². The number of aryl methyl sites for hydroxylation is 2. The Morgan fingerprint density at radius 2 is 1.94 bits per heavy atom. The second-order valence-corrected chi connectivity index (χ2v) is 5.62. The van der Waals surface area contributed by atoms with Crippen molar-refractivity contribution in [2.24, 2.45) is 0 Å². The fraction of sp³-hybridized carbons (Fsp3) is 0.333. The zero-order chi connectivity index (χ0) is 13.0. The molecule has 96 valence electrons. The fourth-order valence-electron chi connectivity index (χ4n) is 2.05. The molecule has 1 aromatic carbocycles. The minimum absolute atomic E-state index is 0.414. The van der Waals surface area contributed by atoms with Crippen LogP contribution in [0.5, 0.6) is 5.75 Å². The molecule has 2 aromatic rings. The van der Waals surface area contributed by atoms with Crippen molar-refractivity contribution in [2.75, 3.05) is 6.54 Å². The quantitative estimate of drug-likeness (QED) is 0.808. The van der Waals surface area contributed by atoms with E-state index in [1.807, 2.05) is 26.0 Å². The van der Waals surface area contributed by atoms with Crippen molar-refractivity contribution in [1.82, 2.24) is 5.32 Å². The average Bonchev–Trinajstić information content (AvgIpc) is 2.84. The van der Waals surface area contributed by atoms with Crippen LogP contribution in [0.25, 0.3) is 0 Å². The van der Waals surface area contributed by atoms with Gasteiger partial charge >= 0.3 is 0 Å². The highest BCUT2D eigenvalue weighted by Gasteiger charge is 2.03. The number of hydrogen-bond donors (Lipinski definition) is 2. The number of thiophene rings is 1. The van der Waals surface area contributed by atoms with Crippen LogP contribution in [0.3, 0.4) is 0 Å². The van der Waals surface area contributed by atoms with E-state index < -0.39 is 0 Å². The van der Waals surface area contributed by atoms with Crippen molar-refractivity contribution in [1.29, 1.82) is 0 Å². The molecule has 0 saturated carbocycles. The second-order valence-electron chi connectivity index (χ2n) is 4.58. The zero-order valence-electron chi connectivity index (χ0n) is 10.9. The Labute approximate surface area is 112 Å². The van der Waals surface area contributed by atoms with Gasteiger partial charge < -0.3 is 10.4 Å². The molecular weight excluding hydrogens is 242 g/mol. The summed E-state index contributed by atoms with van der Waals surface area (Å²) in [6.45, 7) is 5.72. The first-order valence-corrected chi connectivity index (χ1v) is 7.07. The standard InChI is InChI=1S/C15H19NOS/c1-11-8-13(9-12(2)15(11)17)10-16-6-5-14-4-3-7-18-14/h3-4,7-9,16-17H,5-6,10H2,1-2H3. The summed E-state index contributed by atoms with van der Waals surface area (Å²) in [6.07, 6.45) is 1.08. The minimum atomic E-state index is 0.414. The van der Waals surface area contributed by atoms with Gasteiger partial charge in [0.2, 0.25) is 0 Å². The topological polar surface area (TPSA) is 32.3 Å². The maximum Gasteiger partial charge on any atom is 0.121 e. The number of phenolic OH excluding ortho intramolecular Hbond substituents is 1. The van der Waals surface area contributed by atoms with E-state index in [4.69, 9.17) is 0 Å². The van der Waals surface area contributed by atoms with Gasteiger partial charge in [-0.05, 0) is 48.4 Å². The van der Waals surface area contributed by atoms with Crippen molar-refractivity contribution in [3.05, 3.63) is 51.2 Å². The van der Waals surface area contributed by atoms with Crippen LogP contribution in [-0.2, 0) is 13.0 Å². The molecule has 0 aliphatic rings. The molecule has 2 N–H and O–H groups in total. The highest BCUT2D eigenvalue weighted by atomic mass is 32.1. The summed E-state index contributed by atoms with van der Waals surface area (Å²) in [4.78, 5) is 1.42. The molecular formula is C15H19NOS. The van der Waals surface area contributed by atoms with Crippen LogP contribution in [0.2, 0.25) is 0 Å². The van der Waals surface area contributed by atoms with Gasteiger partial charge in [-0.1, -0.05) is 18.2 Å². The Kier molecular flexibility index (Phi) is 4.39. The van der Waals surface area contributed by atoms with Crippen molar-refractivity contribution in [3.8, 4) is 5.75 Å². The lowest BCUT2D eigenvalue weighted by molar-refractivity contribution is 0.466. The summed E-state index contributed by atoms with van der Waals surface area (Å²) in [5.41, 5.74) is 3.13. The lowest BCUT2D eigenvalue weighted by Crippen LogP contribution is -2.16. The van der Waals surface area contributed by atoms with Gasteiger partial charge in [0.15, 0.2) is 0 Å². The number of phenols is 1. The molecule has 0 saturated heterocycles. The number of nitrogens with one attached hydrogen (secondary N) is 1. The number of benzene rings is 1. The summed E-state index contributed by atoms with van der Waals surface area (Å²) in [6, 6.07) is 8.34. The molecule has 0 fully saturated rings. The smallest absolute Gasteiger partial charge is 0.121 e. The van der Waals surface area contributed by atoms with Crippen LogP contribution >= 0.6 is 11.3 Å². The van der Waals surface area contributed by atoms with E-state index >= 15 is 0 Å². The maximum absolute atomic E-state index is 9.71. The predicted molar refractivity (Wildman–Crippen MR) is 77.3 cm³/mol. The molecule has 3 heteroatoms. The molecule has 2 nitrogen and oxygen atoms in total. The number of hydrogen-bond acceptors (Lipinski definition) is 3. The largest absolute Gasteiger partial charge is 0.507 e. The van der Waals surface area contributed by atoms with E-state index in [0.717, 1.165) is 30.6 Å². The van der Waals surface area contributed by atoms with E-state index in [2.05, 4.69) is 22.8 Å². The first-order chi connectivity index (χ1) is 8.66. The van der Waals surface area contributed by atoms with E-state index in [1.165, 1.54) is 10.4 Å². The monoisotopic (exact) mass is 261 g/mol.